The van der Waals surface area contributed by atoms with Crippen LogP contribution in [0.4, 0.5) is 0 Å². The Labute approximate surface area is 123 Å². The molecule has 1 aliphatic heterocycles. The summed E-state index contributed by atoms with van der Waals surface area (Å²) in [5.74, 6) is 3.16. The zero-order chi connectivity index (χ0) is 14.2. The third-order valence-electron chi connectivity index (χ3n) is 5.29. The summed E-state index contributed by atoms with van der Waals surface area (Å²) in [5.41, 5.74) is 4.00. The van der Waals surface area contributed by atoms with Gasteiger partial charge >= 0.3 is 0 Å². The van der Waals surface area contributed by atoms with E-state index in [1.165, 1.54) is 49.0 Å². The fourth-order valence-electron chi connectivity index (χ4n) is 3.79. The van der Waals surface area contributed by atoms with Crippen LogP contribution in [0.1, 0.15) is 48.8 Å². The lowest BCUT2D eigenvalue weighted by molar-refractivity contribution is 0.0858. The number of benzene rings is 1. The highest BCUT2D eigenvalue weighted by atomic mass is 15.2. The second-order valence-electron chi connectivity index (χ2n) is 6.72. The van der Waals surface area contributed by atoms with E-state index in [9.17, 15) is 0 Å². The largest absolute Gasteiger partial charge is 0.300 e. The molecule has 0 aromatic heterocycles. The molecule has 1 heteroatoms. The number of aryl methyl sites for hydroxylation is 2. The van der Waals surface area contributed by atoms with Gasteiger partial charge in [-0.25, -0.2) is 0 Å². The standard InChI is InChI=1S/C19H25N/c1-4-19(17-13-15(2)12-16(3)14-17)8-10-20(11-9-19)18-6-5-7-18/h1,12-14,18H,5-11H2,2-3H3. The molecular formula is C19H25N. The Balaban J connectivity index is 1.80. The molecule has 1 nitrogen and oxygen atoms in total. The number of likely N-dealkylation sites (tertiary alicyclic amines) is 1. The number of hydrogen-bond donors (Lipinski definition) is 0. The molecular weight excluding hydrogens is 242 g/mol. The Hall–Kier alpha value is -1.26. The van der Waals surface area contributed by atoms with Gasteiger partial charge in [-0.05, 0) is 45.1 Å². The fourth-order valence-corrected chi connectivity index (χ4v) is 3.79. The molecule has 0 spiro atoms. The van der Waals surface area contributed by atoms with Crippen molar-refractivity contribution >= 4 is 0 Å². The van der Waals surface area contributed by atoms with E-state index in [0.29, 0.717) is 0 Å². The van der Waals surface area contributed by atoms with Gasteiger partial charge in [0, 0.05) is 19.1 Å². The molecule has 1 saturated heterocycles. The van der Waals surface area contributed by atoms with E-state index in [1.54, 1.807) is 0 Å². The Morgan fingerprint density at radius 2 is 1.70 bits per heavy atom. The van der Waals surface area contributed by atoms with E-state index in [2.05, 4.69) is 42.9 Å². The molecule has 1 heterocycles. The summed E-state index contributed by atoms with van der Waals surface area (Å²) < 4.78 is 0. The van der Waals surface area contributed by atoms with Crippen molar-refractivity contribution in [2.75, 3.05) is 13.1 Å². The molecule has 1 aliphatic carbocycles. The second-order valence-corrected chi connectivity index (χ2v) is 6.72. The third-order valence-corrected chi connectivity index (χ3v) is 5.29. The Bertz CT molecular complexity index is 505. The van der Waals surface area contributed by atoms with E-state index in [1.807, 2.05) is 0 Å². The summed E-state index contributed by atoms with van der Waals surface area (Å²) in [5, 5.41) is 0. The minimum absolute atomic E-state index is 0.0307. The predicted octanol–water partition coefficient (Wildman–Crippen LogP) is 3.82. The molecule has 106 valence electrons. The van der Waals surface area contributed by atoms with E-state index >= 15 is 0 Å². The number of rotatable bonds is 2. The van der Waals surface area contributed by atoms with Gasteiger partial charge in [-0.1, -0.05) is 41.7 Å². The van der Waals surface area contributed by atoms with E-state index in [-0.39, 0.29) is 5.41 Å². The highest BCUT2D eigenvalue weighted by Crippen LogP contribution is 2.38. The molecule has 2 aliphatic rings. The van der Waals surface area contributed by atoms with Crippen molar-refractivity contribution in [3.05, 3.63) is 34.9 Å². The summed E-state index contributed by atoms with van der Waals surface area (Å²) in [7, 11) is 0. The molecule has 1 saturated carbocycles. The van der Waals surface area contributed by atoms with Crippen molar-refractivity contribution in [1.82, 2.24) is 4.90 Å². The first-order valence-electron chi connectivity index (χ1n) is 7.93. The summed E-state index contributed by atoms with van der Waals surface area (Å²) in [6, 6.07) is 7.68. The van der Waals surface area contributed by atoms with Crippen molar-refractivity contribution in [3.8, 4) is 12.3 Å². The average molecular weight is 267 g/mol. The Kier molecular flexibility index (Phi) is 3.61. The van der Waals surface area contributed by atoms with Crippen LogP contribution >= 0.6 is 0 Å². The number of terminal acetylenes is 1. The van der Waals surface area contributed by atoms with Crippen molar-refractivity contribution in [2.45, 2.75) is 57.4 Å². The predicted molar refractivity (Wildman–Crippen MR) is 84.9 cm³/mol. The van der Waals surface area contributed by atoms with Gasteiger partial charge in [0.1, 0.15) is 0 Å². The molecule has 0 amide bonds. The lowest BCUT2D eigenvalue weighted by Gasteiger charge is -2.45. The van der Waals surface area contributed by atoms with Gasteiger partial charge in [0.25, 0.3) is 0 Å². The van der Waals surface area contributed by atoms with Crippen molar-refractivity contribution < 1.29 is 0 Å². The van der Waals surface area contributed by atoms with Crippen molar-refractivity contribution in [3.63, 3.8) is 0 Å². The van der Waals surface area contributed by atoms with Crippen LogP contribution < -0.4 is 0 Å². The van der Waals surface area contributed by atoms with E-state index < -0.39 is 0 Å². The number of piperidine rings is 1. The van der Waals surface area contributed by atoms with Gasteiger partial charge in [0.05, 0.1) is 5.41 Å². The zero-order valence-corrected chi connectivity index (χ0v) is 12.8. The maximum atomic E-state index is 5.97. The molecule has 0 unspecified atom stereocenters. The summed E-state index contributed by atoms with van der Waals surface area (Å²) >= 11 is 0. The van der Waals surface area contributed by atoms with Crippen LogP contribution in [-0.4, -0.2) is 24.0 Å². The van der Waals surface area contributed by atoms with E-state index in [4.69, 9.17) is 6.42 Å². The molecule has 0 radical (unpaired) electrons. The summed E-state index contributed by atoms with van der Waals surface area (Å²) in [4.78, 5) is 2.67. The van der Waals surface area contributed by atoms with Gasteiger partial charge in [-0.2, -0.15) is 0 Å². The lowest BCUT2D eigenvalue weighted by Crippen LogP contribution is -2.48. The topological polar surface area (TPSA) is 3.24 Å². The Morgan fingerprint density at radius 3 is 2.15 bits per heavy atom. The first kappa shape index (κ1) is 13.7. The van der Waals surface area contributed by atoms with Crippen LogP contribution in [0.5, 0.6) is 0 Å². The maximum Gasteiger partial charge on any atom is 0.0584 e. The molecule has 0 N–H and O–H groups in total. The minimum Gasteiger partial charge on any atom is -0.300 e. The molecule has 0 bridgehead atoms. The molecule has 0 atom stereocenters. The molecule has 1 aromatic rings. The van der Waals surface area contributed by atoms with Crippen molar-refractivity contribution in [1.29, 1.82) is 0 Å². The van der Waals surface area contributed by atoms with Crippen LogP contribution in [0.15, 0.2) is 18.2 Å². The fraction of sp³-hybridized carbons (Fsp3) is 0.579. The van der Waals surface area contributed by atoms with Crippen LogP contribution in [0.3, 0.4) is 0 Å². The van der Waals surface area contributed by atoms with Crippen LogP contribution in [0.25, 0.3) is 0 Å². The highest BCUT2D eigenvalue weighted by Gasteiger charge is 2.37. The van der Waals surface area contributed by atoms with Gasteiger partial charge in [-0.3, -0.25) is 0 Å². The zero-order valence-electron chi connectivity index (χ0n) is 12.8. The smallest absolute Gasteiger partial charge is 0.0584 e. The maximum absolute atomic E-state index is 5.97. The summed E-state index contributed by atoms with van der Waals surface area (Å²) in [6.45, 7) is 6.68. The third kappa shape index (κ3) is 2.38. The minimum atomic E-state index is -0.0307. The molecule has 3 rings (SSSR count). The Morgan fingerprint density at radius 1 is 1.10 bits per heavy atom. The van der Waals surface area contributed by atoms with Crippen LogP contribution in [0, 0.1) is 26.2 Å². The van der Waals surface area contributed by atoms with Gasteiger partial charge < -0.3 is 4.90 Å². The second kappa shape index (κ2) is 5.26. The van der Waals surface area contributed by atoms with Crippen molar-refractivity contribution in [2.24, 2.45) is 0 Å². The first-order chi connectivity index (χ1) is 9.63. The molecule has 1 aromatic carbocycles. The van der Waals surface area contributed by atoms with Gasteiger partial charge in [-0.15, -0.1) is 6.42 Å². The lowest BCUT2D eigenvalue weighted by atomic mass is 9.72. The first-order valence-corrected chi connectivity index (χ1v) is 7.93. The molecule has 2 fully saturated rings. The SMILES string of the molecule is C#CC1(c2cc(C)cc(C)c2)CCN(C2CCC2)CC1. The van der Waals surface area contributed by atoms with E-state index in [0.717, 1.165) is 18.9 Å². The van der Waals surface area contributed by atoms with Crippen LogP contribution in [-0.2, 0) is 5.41 Å². The van der Waals surface area contributed by atoms with Gasteiger partial charge in [0.15, 0.2) is 0 Å². The van der Waals surface area contributed by atoms with Crippen LogP contribution in [0.2, 0.25) is 0 Å². The molecule has 20 heavy (non-hydrogen) atoms. The normalized spacial score (nSPS) is 23.1. The monoisotopic (exact) mass is 267 g/mol. The summed E-state index contributed by atoms with van der Waals surface area (Å²) in [6.07, 6.45) is 12.4. The number of hydrogen-bond acceptors (Lipinski definition) is 1. The number of nitrogens with zero attached hydrogens (tertiary/aromatic N) is 1. The van der Waals surface area contributed by atoms with Gasteiger partial charge in [0.2, 0.25) is 0 Å². The quantitative estimate of drug-likeness (QED) is 0.736. The average Bonchev–Trinajstić information content (AvgIpc) is 2.37. The highest BCUT2D eigenvalue weighted by molar-refractivity contribution is 5.40.